The third-order valence-corrected chi connectivity index (χ3v) is 3.38. The van der Waals surface area contributed by atoms with Crippen LogP contribution in [0.5, 0.6) is 11.5 Å². The molecule has 1 saturated heterocycles. The monoisotopic (exact) mass is 277 g/mol. The Balaban J connectivity index is 1.85. The Bertz CT molecular complexity index is 573. The molecule has 0 saturated carbocycles. The van der Waals surface area contributed by atoms with Crippen LogP contribution in [0.25, 0.3) is 0 Å². The number of benzene rings is 1. The minimum Gasteiger partial charge on any atom is -0.454 e. The molecular weight excluding hydrogens is 262 g/mol. The van der Waals surface area contributed by atoms with Crippen LogP contribution in [0.4, 0.5) is 5.69 Å². The predicted molar refractivity (Wildman–Crippen MR) is 70.5 cm³/mol. The Morgan fingerprint density at radius 2 is 2.00 bits per heavy atom. The lowest BCUT2D eigenvalue weighted by molar-refractivity contribution is -0.120. The third kappa shape index (κ3) is 2.22. The molecule has 0 radical (unpaired) electrons. The molecule has 3 rings (SSSR count). The van der Waals surface area contributed by atoms with E-state index >= 15 is 0 Å². The number of hydrogen-bond donors (Lipinski definition) is 2. The second-order valence-electron chi connectivity index (χ2n) is 4.68. The molecule has 1 aromatic rings. The molecule has 2 amide bonds. The first-order chi connectivity index (χ1) is 9.65. The molecule has 1 fully saturated rings. The third-order valence-electron chi connectivity index (χ3n) is 3.38. The number of nitrogen functional groups attached to an aromatic ring is 1. The average Bonchev–Trinajstić information content (AvgIpc) is 2.76. The van der Waals surface area contributed by atoms with Gasteiger partial charge in [0.2, 0.25) is 12.7 Å². The van der Waals surface area contributed by atoms with E-state index in [1.54, 1.807) is 17.0 Å². The Morgan fingerprint density at radius 1 is 1.25 bits per heavy atom. The van der Waals surface area contributed by atoms with Gasteiger partial charge in [-0.05, 0) is 6.07 Å². The zero-order chi connectivity index (χ0) is 14.1. The van der Waals surface area contributed by atoms with Gasteiger partial charge in [-0.15, -0.1) is 0 Å². The highest BCUT2D eigenvalue weighted by molar-refractivity contribution is 6.00. The van der Waals surface area contributed by atoms with Gasteiger partial charge in [0.1, 0.15) is 0 Å². The van der Waals surface area contributed by atoms with Gasteiger partial charge in [0.25, 0.3) is 5.91 Å². The summed E-state index contributed by atoms with van der Waals surface area (Å²) in [5.74, 6) is 0.828. The lowest BCUT2D eigenvalue weighted by atomic mass is 10.1. The Kier molecular flexibility index (Phi) is 3.09. The number of rotatable bonds is 1. The van der Waals surface area contributed by atoms with Crippen molar-refractivity contribution in [1.82, 2.24) is 10.2 Å². The number of nitrogens with one attached hydrogen (secondary N) is 1. The van der Waals surface area contributed by atoms with Crippen LogP contribution < -0.4 is 20.5 Å². The number of amides is 2. The van der Waals surface area contributed by atoms with Crippen molar-refractivity contribution in [3.63, 3.8) is 0 Å². The summed E-state index contributed by atoms with van der Waals surface area (Å²) in [6.07, 6.45) is 0.302. The maximum Gasteiger partial charge on any atom is 0.256 e. The average molecular weight is 277 g/mol. The number of anilines is 1. The summed E-state index contributed by atoms with van der Waals surface area (Å²) < 4.78 is 10.5. The lowest BCUT2D eigenvalue weighted by Gasteiger charge is -2.20. The van der Waals surface area contributed by atoms with Crippen LogP contribution in [0.15, 0.2) is 12.1 Å². The molecule has 0 atom stereocenters. The Morgan fingerprint density at radius 3 is 2.80 bits per heavy atom. The van der Waals surface area contributed by atoms with Gasteiger partial charge in [-0.3, -0.25) is 9.59 Å². The number of ether oxygens (including phenoxy) is 2. The van der Waals surface area contributed by atoms with Crippen molar-refractivity contribution in [2.24, 2.45) is 0 Å². The molecule has 0 aliphatic carbocycles. The van der Waals surface area contributed by atoms with E-state index in [0.717, 1.165) is 0 Å². The largest absolute Gasteiger partial charge is 0.454 e. The van der Waals surface area contributed by atoms with Crippen molar-refractivity contribution in [3.05, 3.63) is 17.7 Å². The molecule has 0 bridgehead atoms. The number of nitrogens with two attached hydrogens (primary N) is 1. The van der Waals surface area contributed by atoms with Gasteiger partial charge >= 0.3 is 0 Å². The van der Waals surface area contributed by atoms with Crippen molar-refractivity contribution in [2.75, 3.05) is 32.2 Å². The van der Waals surface area contributed by atoms with Crippen molar-refractivity contribution in [2.45, 2.75) is 6.42 Å². The van der Waals surface area contributed by atoms with Gasteiger partial charge in [-0.25, -0.2) is 0 Å². The van der Waals surface area contributed by atoms with Crippen LogP contribution in [-0.2, 0) is 4.79 Å². The molecule has 7 heteroatoms. The normalized spacial score (nSPS) is 17.6. The first kappa shape index (κ1) is 12.6. The van der Waals surface area contributed by atoms with Crippen LogP contribution in [0.1, 0.15) is 16.8 Å². The fourth-order valence-corrected chi connectivity index (χ4v) is 2.28. The number of nitrogens with zero attached hydrogens (tertiary/aromatic N) is 1. The van der Waals surface area contributed by atoms with Gasteiger partial charge < -0.3 is 25.4 Å². The second kappa shape index (κ2) is 4.92. The molecule has 2 aliphatic rings. The molecule has 2 heterocycles. The molecule has 1 aromatic carbocycles. The summed E-state index contributed by atoms with van der Waals surface area (Å²) in [7, 11) is 0. The molecular formula is C13H15N3O4. The van der Waals surface area contributed by atoms with Gasteiger partial charge in [0.15, 0.2) is 11.5 Å². The first-order valence-corrected chi connectivity index (χ1v) is 6.40. The quantitative estimate of drug-likeness (QED) is 0.702. The molecule has 0 spiro atoms. The van der Waals surface area contributed by atoms with Crippen molar-refractivity contribution >= 4 is 17.5 Å². The summed E-state index contributed by atoms with van der Waals surface area (Å²) in [6, 6.07) is 3.19. The van der Waals surface area contributed by atoms with Gasteiger partial charge in [-0.2, -0.15) is 0 Å². The first-order valence-electron chi connectivity index (χ1n) is 6.40. The van der Waals surface area contributed by atoms with E-state index in [-0.39, 0.29) is 18.6 Å². The van der Waals surface area contributed by atoms with E-state index in [1.165, 1.54) is 0 Å². The molecule has 20 heavy (non-hydrogen) atoms. The SMILES string of the molecule is Nc1cc2c(cc1C(=O)N1CCNC(=O)CC1)OCO2. The number of carbonyl (C=O) groups excluding carboxylic acids is 2. The summed E-state index contributed by atoms with van der Waals surface area (Å²) in [6.45, 7) is 1.45. The standard InChI is InChI=1S/C13H15N3O4/c14-9-6-11-10(19-7-20-11)5-8(9)13(18)16-3-1-12(17)15-2-4-16/h5-6H,1-4,7,14H2,(H,15,17). The minimum absolute atomic E-state index is 0.0426. The lowest BCUT2D eigenvalue weighted by Crippen LogP contribution is -2.34. The number of carbonyl (C=O) groups is 2. The summed E-state index contributed by atoms with van der Waals surface area (Å²) in [4.78, 5) is 25.4. The van der Waals surface area contributed by atoms with Gasteiger partial charge in [0, 0.05) is 37.8 Å². The van der Waals surface area contributed by atoms with Crippen LogP contribution in [0.3, 0.4) is 0 Å². The van der Waals surface area contributed by atoms with E-state index in [2.05, 4.69) is 5.32 Å². The Labute approximate surface area is 115 Å². The Hall–Kier alpha value is -2.44. The minimum atomic E-state index is -0.197. The van der Waals surface area contributed by atoms with Gasteiger partial charge in [0.05, 0.1) is 5.56 Å². The molecule has 0 unspecified atom stereocenters. The predicted octanol–water partition coefficient (Wildman–Crippen LogP) is -0.0404. The zero-order valence-electron chi connectivity index (χ0n) is 10.8. The summed E-state index contributed by atoms with van der Waals surface area (Å²) >= 11 is 0. The van der Waals surface area contributed by atoms with E-state index in [4.69, 9.17) is 15.2 Å². The second-order valence-corrected chi connectivity index (χ2v) is 4.68. The van der Waals surface area contributed by atoms with Crippen LogP contribution in [0.2, 0.25) is 0 Å². The summed E-state index contributed by atoms with van der Waals surface area (Å²) in [5.41, 5.74) is 6.63. The number of fused-ring (bicyclic) bond motifs is 1. The fourth-order valence-electron chi connectivity index (χ4n) is 2.28. The van der Waals surface area contributed by atoms with Gasteiger partial charge in [-0.1, -0.05) is 0 Å². The molecule has 7 nitrogen and oxygen atoms in total. The van der Waals surface area contributed by atoms with E-state index in [1.807, 2.05) is 0 Å². The van der Waals surface area contributed by atoms with Crippen LogP contribution in [-0.4, -0.2) is 43.1 Å². The highest BCUT2D eigenvalue weighted by Crippen LogP contribution is 2.36. The van der Waals surface area contributed by atoms with E-state index in [9.17, 15) is 9.59 Å². The highest BCUT2D eigenvalue weighted by atomic mass is 16.7. The highest BCUT2D eigenvalue weighted by Gasteiger charge is 2.24. The van der Waals surface area contributed by atoms with Crippen molar-refractivity contribution < 1.29 is 19.1 Å². The molecule has 2 aliphatic heterocycles. The maximum atomic E-state index is 12.5. The molecule has 3 N–H and O–H groups in total. The summed E-state index contributed by atoms with van der Waals surface area (Å²) in [5, 5.41) is 2.73. The van der Waals surface area contributed by atoms with Crippen molar-refractivity contribution in [1.29, 1.82) is 0 Å². The maximum absolute atomic E-state index is 12.5. The van der Waals surface area contributed by atoms with Crippen LogP contribution >= 0.6 is 0 Å². The smallest absolute Gasteiger partial charge is 0.256 e. The van der Waals surface area contributed by atoms with Crippen molar-refractivity contribution in [3.8, 4) is 11.5 Å². The zero-order valence-corrected chi connectivity index (χ0v) is 10.8. The molecule has 106 valence electrons. The number of hydrogen-bond acceptors (Lipinski definition) is 5. The fraction of sp³-hybridized carbons (Fsp3) is 0.385. The van der Waals surface area contributed by atoms with Crippen LogP contribution in [0, 0.1) is 0 Å². The van der Waals surface area contributed by atoms with E-state index in [0.29, 0.717) is 48.8 Å². The topological polar surface area (TPSA) is 93.9 Å². The molecule has 0 aromatic heterocycles. The van der Waals surface area contributed by atoms with E-state index < -0.39 is 0 Å².